The van der Waals surface area contributed by atoms with Gasteiger partial charge in [-0.25, -0.2) is 15.0 Å². The lowest BCUT2D eigenvalue weighted by molar-refractivity contribution is 0.0700. The first kappa shape index (κ1) is 26.4. The molecule has 44 heavy (non-hydrogen) atoms. The Hall–Kier alpha value is -3.96. The third kappa shape index (κ3) is 4.16. The predicted octanol–water partition coefficient (Wildman–Crippen LogP) is 4.63. The van der Waals surface area contributed by atoms with Crippen LogP contribution in [0.3, 0.4) is 0 Å². The zero-order chi connectivity index (χ0) is 29.5. The lowest BCUT2D eigenvalue weighted by Crippen LogP contribution is -2.48. The molecule has 9 rings (SSSR count). The molecule has 1 amide bonds. The van der Waals surface area contributed by atoms with E-state index < -0.39 is 0 Å². The number of aromatic nitrogens is 5. The van der Waals surface area contributed by atoms with E-state index in [9.17, 15) is 4.79 Å². The lowest BCUT2D eigenvalue weighted by atomic mass is 10.0. The lowest BCUT2D eigenvalue weighted by Gasteiger charge is -2.39. The largest absolute Gasteiger partial charge is 0.494 e. The van der Waals surface area contributed by atoms with Crippen molar-refractivity contribution in [2.24, 2.45) is 23.5 Å². The molecule has 10 nitrogen and oxygen atoms in total. The van der Waals surface area contributed by atoms with Crippen LogP contribution in [0.25, 0.3) is 33.6 Å². The van der Waals surface area contributed by atoms with Crippen LogP contribution in [-0.4, -0.2) is 73.7 Å². The fourth-order valence-electron chi connectivity index (χ4n) is 7.82. The molecule has 2 N–H and O–H groups in total. The normalized spacial score (nSPS) is 23.3. The van der Waals surface area contributed by atoms with Gasteiger partial charge in [0.2, 0.25) is 0 Å². The van der Waals surface area contributed by atoms with E-state index in [1.807, 2.05) is 40.9 Å². The first-order valence-electron chi connectivity index (χ1n) is 15.8. The molecule has 2 bridgehead atoms. The third-order valence-corrected chi connectivity index (χ3v) is 11.1. The van der Waals surface area contributed by atoms with E-state index in [0.717, 1.165) is 84.3 Å². The van der Waals surface area contributed by atoms with E-state index in [1.54, 1.807) is 18.4 Å². The minimum absolute atomic E-state index is 0.0223. The molecule has 2 saturated carbocycles. The number of pyridine rings is 1. The molecule has 4 aromatic heterocycles. The summed E-state index contributed by atoms with van der Waals surface area (Å²) in [4.78, 5) is 32.8. The van der Waals surface area contributed by atoms with Crippen LogP contribution in [0.4, 0.5) is 5.13 Å². The topological polar surface area (TPSA) is 107 Å². The van der Waals surface area contributed by atoms with E-state index in [1.165, 1.54) is 12.8 Å². The molecule has 0 spiro atoms. The van der Waals surface area contributed by atoms with Crippen molar-refractivity contribution < 1.29 is 9.53 Å². The van der Waals surface area contributed by atoms with Gasteiger partial charge >= 0.3 is 0 Å². The van der Waals surface area contributed by atoms with Crippen molar-refractivity contribution in [2.45, 2.75) is 50.9 Å². The number of nitrogens with two attached hydrogens (primary N) is 1. The van der Waals surface area contributed by atoms with Gasteiger partial charge in [0, 0.05) is 79.4 Å². The second-order valence-corrected chi connectivity index (χ2v) is 14.0. The molecule has 1 aromatic carbocycles. The maximum atomic E-state index is 13.9. The van der Waals surface area contributed by atoms with Crippen LogP contribution in [0, 0.1) is 17.8 Å². The van der Waals surface area contributed by atoms with Gasteiger partial charge in [-0.15, -0.1) is 11.3 Å². The molecule has 2 aliphatic heterocycles. The van der Waals surface area contributed by atoms with E-state index in [2.05, 4.69) is 31.2 Å². The molecule has 11 heteroatoms. The van der Waals surface area contributed by atoms with Crippen LogP contribution in [0.2, 0.25) is 0 Å². The van der Waals surface area contributed by atoms with Crippen LogP contribution < -0.4 is 15.4 Å². The average molecular weight is 609 g/mol. The minimum atomic E-state index is 0.0223. The number of carbonyl (C=O) groups excluding carboxylic acids is 1. The Labute approximate surface area is 259 Å². The number of benzene rings is 1. The zero-order valence-electron chi connectivity index (χ0n) is 24.8. The summed E-state index contributed by atoms with van der Waals surface area (Å²) in [7, 11) is 1.69. The van der Waals surface area contributed by atoms with Gasteiger partial charge in [0.1, 0.15) is 16.9 Å². The van der Waals surface area contributed by atoms with Gasteiger partial charge in [0.05, 0.1) is 18.3 Å². The summed E-state index contributed by atoms with van der Waals surface area (Å²) >= 11 is 1.68. The summed E-state index contributed by atoms with van der Waals surface area (Å²) in [5.41, 5.74) is 10.9. The second kappa shape index (κ2) is 10.0. The fourth-order valence-corrected chi connectivity index (χ4v) is 8.48. The summed E-state index contributed by atoms with van der Waals surface area (Å²) in [6, 6.07) is 10.4. The summed E-state index contributed by atoms with van der Waals surface area (Å²) in [5.74, 6) is 3.10. The Morgan fingerprint density at radius 2 is 1.89 bits per heavy atom. The number of rotatable bonds is 8. The first-order valence-corrected chi connectivity index (χ1v) is 16.7. The molecule has 2 aliphatic carbocycles. The van der Waals surface area contributed by atoms with Crippen LogP contribution >= 0.6 is 11.3 Å². The number of thiazole rings is 1. The first-order chi connectivity index (χ1) is 21.6. The van der Waals surface area contributed by atoms with Crippen LogP contribution in [0.15, 0.2) is 48.1 Å². The van der Waals surface area contributed by atoms with Crippen molar-refractivity contribution in [3.05, 3.63) is 53.7 Å². The van der Waals surface area contributed by atoms with Gasteiger partial charge < -0.3 is 29.4 Å². The van der Waals surface area contributed by atoms with Crippen molar-refractivity contribution in [2.75, 3.05) is 31.6 Å². The molecule has 2 saturated heterocycles. The number of nitrogens with zero attached hydrogens (tertiary/aromatic N) is 7. The van der Waals surface area contributed by atoms with E-state index >= 15 is 0 Å². The third-order valence-electron chi connectivity index (χ3n) is 10.3. The monoisotopic (exact) mass is 608 g/mol. The Bertz CT molecular complexity index is 1890. The minimum Gasteiger partial charge on any atom is -0.494 e. The molecule has 226 valence electrons. The molecule has 0 radical (unpaired) electrons. The molecule has 3 atom stereocenters. The van der Waals surface area contributed by atoms with Crippen molar-refractivity contribution in [1.82, 2.24) is 29.0 Å². The molecule has 6 heterocycles. The summed E-state index contributed by atoms with van der Waals surface area (Å²) in [6.07, 6.45) is 8.33. The predicted molar refractivity (Wildman–Crippen MR) is 171 cm³/mol. The maximum Gasteiger partial charge on any atom is 0.254 e. The van der Waals surface area contributed by atoms with E-state index in [4.69, 9.17) is 20.4 Å². The highest BCUT2D eigenvalue weighted by Crippen LogP contribution is 2.41. The molecular weight excluding hydrogens is 572 g/mol. The number of hydrogen-bond acceptors (Lipinski definition) is 8. The number of imidazole rings is 1. The van der Waals surface area contributed by atoms with Crippen molar-refractivity contribution in [3.8, 4) is 17.3 Å². The Kier molecular flexibility index (Phi) is 6.03. The number of hydrogen-bond donors (Lipinski definition) is 1. The summed E-state index contributed by atoms with van der Waals surface area (Å²) in [6.45, 7) is 4.33. The maximum absolute atomic E-state index is 13.9. The summed E-state index contributed by atoms with van der Waals surface area (Å²) < 4.78 is 10.7. The molecule has 2 unspecified atom stereocenters. The Balaban J connectivity index is 1.16. The zero-order valence-corrected chi connectivity index (χ0v) is 25.6. The molecule has 5 aromatic rings. The highest BCUT2D eigenvalue weighted by atomic mass is 32.1. The quantitative estimate of drug-likeness (QED) is 0.274. The number of fused-ring (bicyclic) bond motifs is 4. The van der Waals surface area contributed by atoms with Crippen molar-refractivity contribution in [3.63, 3.8) is 0 Å². The SMILES string of the molecule is COc1cc(C(=O)N2CC3CCC2[C@@H]3N)cc2nc(-c3cc4cccnc4n3CC3CC3)n(CC3CN(c4nccs4)C3)c12. The molecular formula is C33H36N8O2S. The number of carbonyl (C=O) groups is 1. The number of piperidine rings is 1. The smallest absolute Gasteiger partial charge is 0.254 e. The average Bonchev–Trinajstić information content (AvgIpc) is 3.40. The number of anilines is 1. The number of methoxy groups -OCH3 is 1. The standard InChI is InChI=1S/C33H36N8O2S/c1-43-27-13-23(32(42)40-18-22-6-7-25(40)28(22)34)11-24-29(27)41(17-20-14-38(15-20)33-36-9-10-44-33)31(37-24)26-12-21-3-2-8-35-30(21)39(26)16-19-4-5-19/h2-3,8-13,19-20,22,25,28H,4-7,14-18,34H2,1H3/t22?,25?,28-/m1/s1. The van der Waals surface area contributed by atoms with Gasteiger partial charge in [0.15, 0.2) is 11.0 Å². The van der Waals surface area contributed by atoms with E-state index in [0.29, 0.717) is 29.1 Å². The van der Waals surface area contributed by atoms with Crippen molar-refractivity contribution >= 4 is 44.4 Å². The van der Waals surface area contributed by atoms with Gasteiger partial charge in [-0.3, -0.25) is 4.79 Å². The van der Waals surface area contributed by atoms with Gasteiger partial charge in [-0.1, -0.05) is 0 Å². The van der Waals surface area contributed by atoms with Gasteiger partial charge in [-0.05, 0) is 67.9 Å². The number of ether oxygens (including phenoxy) is 1. The van der Waals surface area contributed by atoms with Crippen molar-refractivity contribution in [1.29, 1.82) is 0 Å². The molecule has 4 fully saturated rings. The van der Waals surface area contributed by atoms with Gasteiger partial charge in [0.25, 0.3) is 5.91 Å². The Morgan fingerprint density at radius 3 is 2.61 bits per heavy atom. The van der Waals surface area contributed by atoms with Gasteiger partial charge in [-0.2, -0.15) is 0 Å². The van der Waals surface area contributed by atoms with Crippen LogP contribution in [-0.2, 0) is 13.1 Å². The van der Waals surface area contributed by atoms with Crippen LogP contribution in [0.5, 0.6) is 5.75 Å². The highest BCUT2D eigenvalue weighted by molar-refractivity contribution is 7.13. The summed E-state index contributed by atoms with van der Waals surface area (Å²) in [5, 5.41) is 4.22. The Morgan fingerprint density at radius 1 is 1.02 bits per heavy atom. The highest BCUT2D eigenvalue weighted by Gasteiger charge is 2.47. The number of amides is 1. The second-order valence-electron chi connectivity index (χ2n) is 13.1. The fraction of sp³-hybridized carbons (Fsp3) is 0.455. The van der Waals surface area contributed by atoms with Crippen LogP contribution in [0.1, 0.15) is 36.0 Å². The number of likely N-dealkylation sites (tertiary alicyclic amines) is 1. The molecule has 4 aliphatic rings. The van der Waals surface area contributed by atoms with E-state index in [-0.39, 0.29) is 18.0 Å².